The van der Waals surface area contributed by atoms with E-state index < -0.39 is 17.9 Å². The molecule has 0 saturated carbocycles. The van der Waals surface area contributed by atoms with Gasteiger partial charge in [-0.25, -0.2) is 0 Å². The molecule has 0 N–H and O–H groups in total. The van der Waals surface area contributed by atoms with Gasteiger partial charge in [-0.15, -0.1) is 0 Å². The molecule has 0 aromatic heterocycles. The van der Waals surface area contributed by atoms with Gasteiger partial charge < -0.3 is 9.47 Å². The molecule has 4 heteroatoms. The smallest absolute Gasteiger partial charge is 0.320 e. The van der Waals surface area contributed by atoms with Gasteiger partial charge in [-0.2, -0.15) is 0 Å². The van der Waals surface area contributed by atoms with Crippen molar-refractivity contribution in [3.05, 3.63) is 85.5 Å². The minimum absolute atomic E-state index is 0.0420. The Bertz CT molecular complexity index is 957. The Hall–Kier alpha value is -3.40. The molecule has 0 atom stereocenters. The molecule has 3 aromatic rings. The molecule has 0 saturated heterocycles. The van der Waals surface area contributed by atoms with Crippen LogP contribution in [0.15, 0.2) is 79.9 Å². The van der Waals surface area contributed by atoms with Gasteiger partial charge in [0, 0.05) is 0 Å². The fraction of sp³-hybridized carbons (Fsp3) is 0.167. The first-order chi connectivity index (χ1) is 13.7. The second-order valence-corrected chi connectivity index (χ2v) is 6.39. The monoisotopic (exact) mass is 374 g/mol. The maximum absolute atomic E-state index is 12.6. The van der Waals surface area contributed by atoms with Crippen molar-refractivity contribution in [2.45, 2.75) is 6.42 Å². The number of fused-ring (bicyclic) bond motifs is 2. The topological polar surface area (TPSA) is 52.6 Å². The van der Waals surface area contributed by atoms with Crippen LogP contribution in [0.25, 0.3) is 21.5 Å². The van der Waals surface area contributed by atoms with Gasteiger partial charge >= 0.3 is 11.9 Å². The molecule has 0 unspecified atom stereocenters. The first kappa shape index (κ1) is 19.4. The fourth-order valence-electron chi connectivity index (χ4n) is 3.28. The van der Waals surface area contributed by atoms with E-state index in [-0.39, 0.29) is 19.6 Å². The van der Waals surface area contributed by atoms with Crippen LogP contribution in [0.2, 0.25) is 0 Å². The fourth-order valence-corrected chi connectivity index (χ4v) is 3.28. The number of benzene rings is 3. The Labute approximate surface area is 164 Å². The molecule has 0 fully saturated rings. The van der Waals surface area contributed by atoms with Crippen molar-refractivity contribution in [1.82, 2.24) is 0 Å². The number of carbonyl (C=O) groups excluding carboxylic acids is 2. The molecule has 0 bridgehead atoms. The molecule has 142 valence electrons. The molecule has 0 heterocycles. The van der Waals surface area contributed by atoms with Crippen molar-refractivity contribution >= 4 is 33.5 Å². The molecule has 0 radical (unpaired) electrons. The summed E-state index contributed by atoms with van der Waals surface area (Å²) >= 11 is 0. The van der Waals surface area contributed by atoms with Crippen molar-refractivity contribution in [3.8, 4) is 0 Å². The second-order valence-electron chi connectivity index (χ2n) is 6.39. The van der Waals surface area contributed by atoms with Crippen molar-refractivity contribution in [2.24, 2.45) is 5.92 Å². The highest BCUT2D eigenvalue weighted by molar-refractivity contribution is 6.04. The molecule has 3 aromatic carbocycles. The van der Waals surface area contributed by atoms with Crippen LogP contribution < -0.4 is 0 Å². The van der Waals surface area contributed by atoms with E-state index in [4.69, 9.17) is 9.47 Å². The quantitative estimate of drug-likeness (QED) is 0.250. The number of carbonyl (C=O) groups is 2. The van der Waals surface area contributed by atoms with E-state index in [0.717, 1.165) is 27.1 Å². The predicted octanol–water partition coefficient (Wildman–Crippen LogP) is 4.61. The standard InChI is InChI=1S/C24H22O4/c1-3-13-27-23(25)22(24(26)28-14-4-2)16-21-19-11-7-5-9-17(19)15-18-10-6-8-12-20(18)21/h3-12,15,22H,1-2,13-14,16H2. The zero-order valence-electron chi connectivity index (χ0n) is 15.6. The summed E-state index contributed by atoms with van der Waals surface area (Å²) < 4.78 is 10.3. The molecule has 0 aliphatic rings. The third-order valence-corrected chi connectivity index (χ3v) is 4.55. The van der Waals surface area contributed by atoms with Crippen LogP contribution in [0, 0.1) is 5.92 Å². The van der Waals surface area contributed by atoms with E-state index in [1.165, 1.54) is 12.2 Å². The average molecular weight is 374 g/mol. The van der Waals surface area contributed by atoms with E-state index in [9.17, 15) is 9.59 Å². The SMILES string of the molecule is C=CCOC(=O)C(Cc1c2ccccc2cc2ccccc12)C(=O)OCC=C. The number of hydrogen-bond acceptors (Lipinski definition) is 4. The Morgan fingerprint density at radius 3 is 1.75 bits per heavy atom. The number of rotatable bonds is 8. The summed E-state index contributed by atoms with van der Waals surface area (Å²) in [7, 11) is 0. The molecular formula is C24H22O4. The Balaban J connectivity index is 2.08. The molecule has 0 aliphatic heterocycles. The van der Waals surface area contributed by atoms with Crippen molar-refractivity contribution in [3.63, 3.8) is 0 Å². The number of ether oxygens (including phenoxy) is 2. The van der Waals surface area contributed by atoms with Gasteiger partial charge in [0.05, 0.1) is 0 Å². The van der Waals surface area contributed by atoms with Crippen LogP contribution in [0.4, 0.5) is 0 Å². The third kappa shape index (κ3) is 4.12. The molecule has 3 rings (SSSR count). The van der Waals surface area contributed by atoms with Gasteiger partial charge in [-0.3, -0.25) is 9.59 Å². The number of hydrogen-bond donors (Lipinski definition) is 0. The summed E-state index contributed by atoms with van der Waals surface area (Å²) in [5, 5.41) is 4.10. The Morgan fingerprint density at radius 1 is 0.821 bits per heavy atom. The van der Waals surface area contributed by atoms with Gasteiger partial charge in [0.2, 0.25) is 0 Å². The molecule has 4 nitrogen and oxygen atoms in total. The lowest BCUT2D eigenvalue weighted by atomic mass is 9.90. The summed E-state index contributed by atoms with van der Waals surface area (Å²) in [6.45, 7) is 7.18. The van der Waals surface area contributed by atoms with Crippen LogP contribution in [0.5, 0.6) is 0 Å². The third-order valence-electron chi connectivity index (χ3n) is 4.55. The Morgan fingerprint density at radius 2 is 1.29 bits per heavy atom. The molecular weight excluding hydrogens is 352 g/mol. The second kappa shape index (κ2) is 9.00. The summed E-state index contributed by atoms with van der Waals surface area (Å²) in [6.07, 6.45) is 3.13. The molecule has 28 heavy (non-hydrogen) atoms. The zero-order chi connectivity index (χ0) is 19.9. The van der Waals surface area contributed by atoms with E-state index in [2.05, 4.69) is 19.2 Å². The maximum atomic E-state index is 12.6. The summed E-state index contributed by atoms with van der Waals surface area (Å²) in [5.41, 5.74) is 0.921. The number of esters is 2. The minimum Gasteiger partial charge on any atom is -0.461 e. The highest BCUT2D eigenvalue weighted by Crippen LogP contribution is 2.31. The van der Waals surface area contributed by atoms with Crippen LogP contribution in [0.1, 0.15) is 5.56 Å². The van der Waals surface area contributed by atoms with Gasteiger partial charge in [-0.05, 0) is 39.6 Å². The first-order valence-corrected chi connectivity index (χ1v) is 9.10. The predicted molar refractivity (Wildman–Crippen MR) is 111 cm³/mol. The van der Waals surface area contributed by atoms with Crippen LogP contribution >= 0.6 is 0 Å². The highest BCUT2D eigenvalue weighted by atomic mass is 16.6. The van der Waals surface area contributed by atoms with Gasteiger partial charge in [-0.1, -0.05) is 73.8 Å². The van der Waals surface area contributed by atoms with Gasteiger partial charge in [0.15, 0.2) is 5.92 Å². The largest absolute Gasteiger partial charge is 0.461 e. The Kier molecular flexibility index (Phi) is 6.22. The van der Waals surface area contributed by atoms with Crippen molar-refractivity contribution in [2.75, 3.05) is 13.2 Å². The molecule has 0 spiro atoms. The first-order valence-electron chi connectivity index (χ1n) is 9.10. The van der Waals surface area contributed by atoms with Crippen LogP contribution in [-0.2, 0) is 25.5 Å². The van der Waals surface area contributed by atoms with Gasteiger partial charge in [0.1, 0.15) is 13.2 Å². The van der Waals surface area contributed by atoms with Crippen molar-refractivity contribution in [1.29, 1.82) is 0 Å². The summed E-state index contributed by atoms with van der Waals surface area (Å²) in [5.74, 6) is -2.30. The normalized spacial score (nSPS) is 10.8. The van der Waals surface area contributed by atoms with E-state index >= 15 is 0 Å². The molecule has 0 amide bonds. The lowest BCUT2D eigenvalue weighted by Gasteiger charge is -2.17. The van der Waals surface area contributed by atoms with Crippen LogP contribution in [-0.4, -0.2) is 25.2 Å². The van der Waals surface area contributed by atoms with E-state index in [0.29, 0.717) is 0 Å². The average Bonchev–Trinajstić information content (AvgIpc) is 2.73. The summed E-state index contributed by atoms with van der Waals surface area (Å²) in [4.78, 5) is 25.2. The highest BCUT2D eigenvalue weighted by Gasteiger charge is 2.31. The summed E-state index contributed by atoms with van der Waals surface area (Å²) in [6, 6.07) is 18.0. The molecule has 0 aliphatic carbocycles. The zero-order valence-corrected chi connectivity index (χ0v) is 15.6. The van der Waals surface area contributed by atoms with Crippen molar-refractivity contribution < 1.29 is 19.1 Å². The van der Waals surface area contributed by atoms with E-state index in [1.54, 1.807) is 0 Å². The lowest BCUT2D eigenvalue weighted by Crippen LogP contribution is -2.30. The minimum atomic E-state index is -1.06. The van der Waals surface area contributed by atoms with Gasteiger partial charge in [0.25, 0.3) is 0 Å². The van der Waals surface area contributed by atoms with E-state index in [1.807, 2.05) is 48.5 Å². The lowest BCUT2D eigenvalue weighted by molar-refractivity contribution is -0.160. The van der Waals surface area contributed by atoms with Crippen LogP contribution in [0.3, 0.4) is 0 Å². The maximum Gasteiger partial charge on any atom is 0.320 e.